The number of hydrogen-bond donors (Lipinski definition) is 0. The average Bonchev–Trinajstić information content (AvgIpc) is 2.35. The second-order valence-electron chi connectivity index (χ2n) is 4.20. The molecule has 1 aromatic heterocycles. The summed E-state index contributed by atoms with van der Waals surface area (Å²) in [6.45, 7) is 4.27. The Hall–Kier alpha value is -1.22. The summed E-state index contributed by atoms with van der Waals surface area (Å²) in [6.07, 6.45) is 4.46. The molecule has 0 amide bonds. The molecule has 0 aliphatic carbocycles. The summed E-state index contributed by atoms with van der Waals surface area (Å²) in [6, 6.07) is 8.39. The third-order valence-corrected chi connectivity index (χ3v) is 3.59. The van der Waals surface area contributed by atoms with Crippen LogP contribution in [-0.2, 0) is 6.42 Å². The van der Waals surface area contributed by atoms with Crippen molar-refractivity contribution in [1.82, 2.24) is 9.97 Å². The van der Waals surface area contributed by atoms with Gasteiger partial charge in [0.05, 0.1) is 4.83 Å². The van der Waals surface area contributed by atoms with Gasteiger partial charge in [0.25, 0.3) is 0 Å². The number of rotatable bonds is 3. The first kappa shape index (κ1) is 12.2. The molecule has 2 rings (SSSR count). The normalized spacial score (nSPS) is 12.4. The Morgan fingerprint density at radius 1 is 1.12 bits per heavy atom. The van der Waals surface area contributed by atoms with E-state index in [1.807, 2.05) is 6.07 Å². The maximum atomic E-state index is 4.26. The van der Waals surface area contributed by atoms with E-state index in [1.54, 1.807) is 12.4 Å². The fourth-order valence-electron chi connectivity index (χ4n) is 1.70. The first-order chi connectivity index (χ1) is 8.16. The number of nitrogens with zero attached hydrogens (tertiary/aromatic N) is 2. The van der Waals surface area contributed by atoms with Crippen LogP contribution in [0.5, 0.6) is 0 Å². The quantitative estimate of drug-likeness (QED) is 0.804. The SMILES string of the molecule is Cc1ccc(CC(Br)c2ncccn2)cc1C. The molecule has 1 atom stereocenters. The van der Waals surface area contributed by atoms with Crippen LogP contribution >= 0.6 is 15.9 Å². The van der Waals surface area contributed by atoms with Gasteiger partial charge in [-0.05, 0) is 43.0 Å². The summed E-state index contributed by atoms with van der Waals surface area (Å²) in [5.74, 6) is 0.839. The molecular weight excluding hydrogens is 276 g/mol. The Morgan fingerprint density at radius 2 is 1.82 bits per heavy atom. The Morgan fingerprint density at radius 3 is 2.47 bits per heavy atom. The first-order valence-corrected chi connectivity index (χ1v) is 6.55. The van der Waals surface area contributed by atoms with Gasteiger partial charge in [-0.15, -0.1) is 0 Å². The van der Waals surface area contributed by atoms with E-state index in [4.69, 9.17) is 0 Å². The largest absolute Gasteiger partial charge is 0.240 e. The predicted octanol–water partition coefficient (Wildman–Crippen LogP) is 3.77. The number of halogens is 1. The molecule has 0 aliphatic heterocycles. The van der Waals surface area contributed by atoms with Gasteiger partial charge in [-0.25, -0.2) is 9.97 Å². The number of aromatic nitrogens is 2. The topological polar surface area (TPSA) is 25.8 Å². The maximum Gasteiger partial charge on any atom is 0.142 e. The minimum Gasteiger partial charge on any atom is -0.240 e. The third kappa shape index (κ3) is 3.13. The molecule has 1 heterocycles. The fraction of sp³-hybridized carbons (Fsp3) is 0.286. The number of hydrogen-bond acceptors (Lipinski definition) is 2. The summed E-state index contributed by atoms with van der Waals surface area (Å²) < 4.78 is 0. The minimum absolute atomic E-state index is 0.172. The smallest absolute Gasteiger partial charge is 0.142 e. The highest BCUT2D eigenvalue weighted by Crippen LogP contribution is 2.24. The Labute approximate surface area is 110 Å². The van der Waals surface area contributed by atoms with Crippen molar-refractivity contribution in [2.45, 2.75) is 25.1 Å². The van der Waals surface area contributed by atoms with Gasteiger partial charge in [-0.1, -0.05) is 34.1 Å². The van der Waals surface area contributed by atoms with Crippen molar-refractivity contribution in [3.63, 3.8) is 0 Å². The highest BCUT2D eigenvalue weighted by Gasteiger charge is 2.11. The molecule has 0 saturated carbocycles. The molecule has 1 unspecified atom stereocenters. The zero-order valence-corrected chi connectivity index (χ0v) is 11.6. The van der Waals surface area contributed by atoms with Gasteiger partial charge >= 0.3 is 0 Å². The lowest BCUT2D eigenvalue weighted by molar-refractivity contribution is 0.848. The van der Waals surface area contributed by atoms with Crippen LogP contribution in [0.4, 0.5) is 0 Å². The summed E-state index contributed by atoms with van der Waals surface area (Å²) >= 11 is 3.64. The summed E-state index contributed by atoms with van der Waals surface area (Å²) in [7, 11) is 0. The van der Waals surface area contributed by atoms with Crippen LogP contribution in [0.15, 0.2) is 36.7 Å². The van der Waals surface area contributed by atoms with Gasteiger partial charge in [0.1, 0.15) is 5.82 Å². The van der Waals surface area contributed by atoms with E-state index in [9.17, 15) is 0 Å². The Balaban J connectivity index is 2.13. The Kier molecular flexibility index (Phi) is 3.89. The predicted molar refractivity (Wildman–Crippen MR) is 73.3 cm³/mol. The fourth-order valence-corrected chi connectivity index (χ4v) is 2.31. The monoisotopic (exact) mass is 290 g/mol. The molecule has 2 aromatic rings. The van der Waals surface area contributed by atoms with E-state index in [-0.39, 0.29) is 4.83 Å². The molecule has 0 aliphatic rings. The first-order valence-electron chi connectivity index (χ1n) is 5.64. The molecule has 0 spiro atoms. The van der Waals surface area contributed by atoms with E-state index in [0.29, 0.717) is 0 Å². The molecule has 88 valence electrons. The van der Waals surface area contributed by atoms with Gasteiger partial charge < -0.3 is 0 Å². The number of benzene rings is 1. The molecule has 17 heavy (non-hydrogen) atoms. The van der Waals surface area contributed by atoms with Gasteiger partial charge in [-0.3, -0.25) is 0 Å². The molecular formula is C14H15BrN2. The highest BCUT2D eigenvalue weighted by molar-refractivity contribution is 9.09. The lowest BCUT2D eigenvalue weighted by atomic mass is 10.0. The summed E-state index contributed by atoms with van der Waals surface area (Å²) in [4.78, 5) is 8.69. The summed E-state index contributed by atoms with van der Waals surface area (Å²) in [5, 5.41) is 0. The van der Waals surface area contributed by atoms with Crippen LogP contribution in [0.1, 0.15) is 27.3 Å². The van der Waals surface area contributed by atoms with E-state index in [1.165, 1.54) is 16.7 Å². The molecule has 2 nitrogen and oxygen atoms in total. The van der Waals surface area contributed by atoms with Crippen LogP contribution in [0.2, 0.25) is 0 Å². The van der Waals surface area contributed by atoms with Crippen molar-refractivity contribution in [1.29, 1.82) is 0 Å². The van der Waals surface area contributed by atoms with Gasteiger partial charge in [0, 0.05) is 12.4 Å². The van der Waals surface area contributed by atoms with E-state index < -0.39 is 0 Å². The molecule has 0 N–H and O–H groups in total. The van der Waals surface area contributed by atoms with Gasteiger partial charge in [0.2, 0.25) is 0 Å². The lowest BCUT2D eigenvalue weighted by Gasteiger charge is -2.09. The number of alkyl halides is 1. The van der Waals surface area contributed by atoms with Gasteiger partial charge in [-0.2, -0.15) is 0 Å². The molecule has 0 fully saturated rings. The summed E-state index contributed by atoms with van der Waals surface area (Å²) in [5.41, 5.74) is 3.97. The van der Waals surface area contributed by atoms with Crippen molar-refractivity contribution in [2.24, 2.45) is 0 Å². The van der Waals surface area contributed by atoms with E-state index in [2.05, 4.69) is 57.9 Å². The zero-order chi connectivity index (χ0) is 12.3. The van der Waals surface area contributed by atoms with E-state index in [0.717, 1.165) is 12.2 Å². The van der Waals surface area contributed by atoms with Crippen LogP contribution in [-0.4, -0.2) is 9.97 Å². The molecule has 0 bridgehead atoms. The third-order valence-electron chi connectivity index (χ3n) is 2.85. The van der Waals surface area contributed by atoms with Crippen LogP contribution in [0.25, 0.3) is 0 Å². The molecule has 3 heteroatoms. The van der Waals surface area contributed by atoms with E-state index >= 15 is 0 Å². The number of aryl methyl sites for hydroxylation is 2. The molecule has 1 aromatic carbocycles. The van der Waals surface area contributed by atoms with Crippen LogP contribution < -0.4 is 0 Å². The standard InChI is InChI=1S/C14H15BrN2/c1-10-4-5-12(8-11(10)2)9-13(15)14-16-6-3-7-17-14/h3-8,13H,9H2,1-2H3. The van der Waals surface area contributed by atoms with Gasteiger partial charge in [0.15, 0.2) is 0 Å². The second-order valence-corrected chi connectivity index (χ2v) is 5.30. The minimum atomic E-state index is 0.172. The van der Waals surface area contributed by atoms with Crippen molar-refractivity contribution >= 4 is 15.9 Å². The lowest BCUT2D eigenvalue weighted by Crippen LogP contribution is -2.01. The second kappa shape index (κ2) is 5.41. The zero-order valence-electron chi connectivity index (χ0n) is 10.0. The highest BCUT2D eigenvalue weighted by atomic mass is 79.9. The van der Waals surface area contributed by atoms with Crippen molar-refractivity contribution in [3.05, 3.63) is 59.2 Å². The van der Waals surface area contributed by atoms with Crippen molar-refractivity contribution in [3.8, 4) is 0 Å². The van der Waals surface area contributed by atoms with Crippen LogP contribution in [0.3, 0.4) is 0 Å². The molecule has 0 radical (unpaired) electrons. The van der Waals surface area contributed by atoms with Crippen LogP contribution in [0, 0.1) is 13.8 Å². The molecule has 0 saturated heterocycles. The maximum absolute atomic E-state index is 4.26. The van der Waals surface area contributed by atoms with Crippen molar-refractivity contribution < 1.29 is 0 Å². The van der Waals surface area contributed by atoms with Crippen molar-refractivity contribution in [2.75, 3.05) is 0 Å². The Bertz CT molecular complexity index is 497. The average molecular weight is 291 g/mol.